The van der Waals surface area contributed by atoms with Gasteiger partial charge in [-0.25, -0.2) is 4.79 Å². The predicted octanol–water partition coefficient (Wildman–Crippen LogP) is 1.19. The molecule has 1 aliphatic rings. The molecule has 3 atom stereocenters. The Morgan fingerprint density at radius 1 is 1.54 bits per heavy atom. The van der Waals surface area contributed by atoms with E-state index in [9.17, 15) is 9.90 Å². The first-order valence-electron chi connectivity index (χ1n) is 4.72. The predicted molar refractivity (Wildman–Crippen MR) is 45.8 cm³/mol. The van der Waals surface area contributed by atoms with E-state index in [4.69, 9.17) is 5.26 Å². The zero-order chi connectivity index (χ0) is 9.84. The number of aliphatic hydroxyl groups is 1. The van der Waals surface area contributed by atoms with Gasteiger partial charge < -0.3 is 9.99 Å². The van der Waals surface area contributed by atoms with Gasteiger partial charge in [0.15, 0.2) is 0 Å². The smallest absolute Gasteiger partial charge is 0.345 e. The number of hydrogen-bond donors (Lipinski definition) is 2. The molecule has 0 bridgehead atoms. The van der Waals surface area contributed by atoms with Crippen LogP contribution in [0.4, 0.5) is 0 Å². The molecule has 76 valence electrons. The Balaban J connectivity index is 2.59. The van der Waals surface area contributed by atoms with Gasteiger partial charge in [0.25, 0.3) is 0 Å². The van der Waals surface area contributed by atoms with Crippen LogP contribution in [0.5, 0.6) is 0 Å². The fourth-order valence-corrected chi connectivity index (χ4v) is 2.06. The molecule has 0 spiro atoms. The molecular formula is C9H16O4. The molecule has 4 nitrogen and oxygen atoms in total. The second-order valence-electron chi connectivity index (χ2n) is 3.65. The minimum Gasteiger partial charge on any atom is -0.393 e. The first-order valence-corrected chi connectivity index (χ1v) is 4.72. The molecule has 0 aromatic rings. The average molecular weight is 188 g/mol. The molecular weight excluding hydrogens is 172 g/mol. The molecule has 0 heterocycles. The van der Waals surface area contributed by atoms with Gasteiger partial charge in [0, 0.05) is 0 Å². The molecule has 13 heavy (non-hydrogen) atoms. The molecule has 0 aliphatic heterocycles. The summed E-state index contributed by atoms with van der Waals surface area (Å²) in [7, 11) is 0. The van der Waals surface area contributed by atoms with Crippen molar-refractivity contribution in [2.24, 2.45) is 11.8 Å². The molecule has 0 saturated heterocycles. The molecule has 1 fully saturated rings. The molecule has 1 aliphatic carbocycles. The zero-order valence-electron chi connectivity index (χ0n) is 7.77. The van der Waals surface area contributed by atoms with E-state index in [-0.39, 0.29) is 11.8 Å². The van der Waals surface area contributed by atoms with Crippen molar-refractivity contribution >= 4 is 5.97 Å². The molecule has 4 heteroatoms. The van der Waals surface area contributed by atoms with Gasteiger partial charge in [0.1, 0.15) is 0 Å². The van der Waals surface area contributed by atoms with Gasteiger partial charge in [-0.05, 0) is 25.2 Å². The molecule has 0 aromatic carbocycles. The van der Waals surface area contributed by atoms with E-state index in [1.165, 1.54) is 0 Å². The van der Waals surface area contributed by atoms with Gasteiger partial charge in [-0.3, -0.25) is 0 Å². The highest BCUT2D eigenvalue weighted by Crippen LogP contribution is 2.33. The minimum atomic E-state index is -0.606. The SMILES string of the molecule is CCC1CCC(O)CC1C(=O)OO. The first kappa shape index (κ1) is 10.5. The lowest BCUT2D eigenvalue weighted by atomic mass is 9.76. The van der Waals surface area contributed by atoms with E-state index in [1.54, 1.807) is 0 Å². The second kappa shape index (κ2) is 4.58. The van der Waals surface area contributed by atoms with E-state index in [0.29, 0.717) is 6.42 Å². The third-order valence-corrected chi connectivity index (χ3v) is 2.88. The maximum Gasteiger partial charge on any atom is 0.345 e. The number of rotatable bonds is 2. The van der Waals surface area contributed by atoms with E-state index in [2.05, 4.69) is 4.89 Å². The van der Waals surface area contributed by atoms with Crippen LogP contribution in [0.25, 0.3) is 0 Å². The molecule has 0 aromatic heterocycles. The molecule has 1 saturated carbocycles. The van der Waals surface area contributed by atoms with Gasteiger partial charge in [-0.15, -0.1) is 0 Å². The van der Waals surface area contributed by atoms with Crippen LogP contribution < -0.4 is 0 Å². The Hall–Kier alpha value is -0.610. The monoisotopic (exact) mass is 188 g/mol. The topological polar surface area (TPSA) is 66.8 Å². The Bertz CT molecular complexity index is 180. The van der Waals surface area contributed by atoms with E-state index < -0.39 is 12.1 Å². The average Bonchev–Trinajstić information content (AvgIpc) is 2.16. The fraction of sp³-hybridized carbons (Fsp3) is 0.889. The summed E-state index contributed by atoms with van der Waals surface area (Å²) in [5, 5.41) is 17.6. The van der Waals surface area contributed by atoms with Crippen LogP contribution in [0.15, 0.2) is 0 Å². The van der Waals surface area contributed by atoms with Crippen molar-refractivity contribution in [2.45, 2.75) is 38.7 Å². The maximum absolute atomic E-state index is 11.1. The van der Waals surface area contributed by atoms with Crippen LogP contribution in [0.2, 0.25) is 0 Å². The first-order chi connectivity index (χ1) is 6.19. The van der Waals surface area contributed by atoms with Crippen LogP contribution in [0.1, 0.15) is 32.6 Å². The number of carbonyl (C=O) groups excluding carboxylic acids is 1. The summed E-state index contributed by atoms with van der Waals surface area (Å²) in [4.78, 5) is 14.8. The lowest BCUT2D eigenvalue weighted by Crippen LogP contribution is -2.33. The van der Waals surface area contributed by atoms with Crippen molar-refractivity contribution < 1.29 is 20.0 Å². The minimum absolute atomic E-state index is 0.239. The fourth-order valence-electron chi connectivity index (χ4n) is 2.06. The van der Waals surface area contributed by atoms with Crippen molar-refractivity contribution in [1.82, 2.24) is 0 Å². The van der Waals surface area contributed by atoms with Crippen LogP contribution in [0, 0.1) is 11.8 Å². The summed E-state index contributed by atoms with van der Waals surface area (Å²) >= 11 is 0. The largest absolute Gasteiger partial charge is 0.393 e. The number of aliphatic hydroxyl groups excluding tert-OH is 1. The number of carbonyl (C=O) groups is 1. The highest BCUT2D eigenvalue weighted by atomic mass is 17.1. The molecule has 0 radical (unpaired) electrons. The Labute approximate surface area is 77.4 Å². The molecule has 3 unspecified atom stereocenters. The summed E-state index contributed by atoms with van der Waals surface area (Å²) in [5.41, 5.74) is 0. The van der Waals surface area contributed by atoms with Crippen LogP contribution in [-0.4, -0.2) is 22.4 Å². The zero-order valence-corrected chi connectivity index (χ0v) is 7.77. The molecule has 1 rings (SSSR count). The standard InChI is InChI=1S/C9H16O4/c1-2-6-3-4-7(10)5-8(6)9(11)13-12/h6-8,10,12H,2-5H2,1H3. The molecule has 0 amide bonds. The van der Waals surface area contributed by atoms with Crippen molar-refractivity contribution in [2.75, 3.05) is 0 Å². The molecule has 2 N–H and O–H groups in total. The van der Waals surface area contributed by atoms with E-state index in [0.717, 1.165) is 19.3 Å². The summed E-state index contributed by atoms with van der Waals surface area (Å²) in [5.74, 6) is -0.701. The van der Waals surface area contributed by atoms with Gasteiger partial charge >= 0.3 is 5.97 Å². The maximum atomic E-state index is 11.1. The lowest BCUT2D eigenvalue weighted by molar-refractivity contribution is -0.242. The van der Waals surface area contributed by atoms with Gasteiger partial charge in [0.05, 0.1) is 12.0 Å². The van der Waals surface area contributed by atoms with Crippen LogP contribution >= 0.6 is 0 Å². The number of hydrogen-bond acceptors (Lipinski definition) is 4. The van der Waals surface area contributed by atoms with Crippen molar-refractivity contribution in [3.63, 3.8) is 0 Å². The van der Waals surface area contributed by atoms with E-state index in [1.807, 2.05) is 6.92 Å². The van der Waals surface area contributed by atoms with Gasteiger partial charge in [0.2, 0.25) is 0 Å². The summed E-state index contributed by atoms with van der Waals surface area (Å²) < 4.78 is 0. The van der Waals surface area contributed by atoms with Crippen molar-refractivity contribution in [3.8, 4) is 0 Å². The Morgan fingerprint density at radius 2 is 2.23 bits per heavy atom. The Kier molecular flexibility index (Phi) is 3.69. The van der Waals surface area contributed by atoms with E-state index >= 15 is 0 Å². The van der Waals surface area contributed by atoms with Crippen molar-refractivity contribution in [3.05, 3.63) is 0 Å². The summed E-state index contributed by atoms with van der Waals surface area (Å²) in [6.45, 7) is 2.00. The highest BCUT2D eigenvalue weighted by molar-refractivity contribution is 5.72. The Morgan fingerprint density at radius 3 is 2.77 bits per heavy atom. The van der Waals surface area contributed by atoms with Gasteiger partial charge in [-0.1, -0.05) is 13.3 Å². The highest BCUT2D eigenvalue weighted by Gasteiger charge is 2.34. The van der Waals surface area contributed by atoms with Gasteiger partial charge in [-0.2, -0.15) is 5.26 Å². The third kappa shape index (κ3) is 2.42. The summed E-state index contributed by atoms with van der Waals surface area (Å²) in [6.07, 6.45) is 2.45. The normalized spacial score (nSPS) is 34.2. The lowest BCUT2D eigenvalue weighted by Gasteiger charge is -2.30. The quantitative estimate of drug-likeness (QED) is 0.504. The van der Waals surface area contributed by atoms with Crippen LogP contribution in [0.3, 0.4) is 0 Å². The van der Waals surface area contributed by atoms with Crippen molar-refractivity contribution in [1.29, 1.82) is 0 Å². The summed E-state index contributed by atoms with van der Waals surface area (Å²) in [6, 6.07) is 0. The second-order valence-corrected chi connectivity index (χ2v) is 3.65. The van der Waals surface area contributed by atoms with Crippen LogP contribution in [-0.2, 0) is 9.68 Å². The third-order valence-electron chi connectivity index (χ3n) is 2.88.